The van der Waals surface area contributed by atoms with Crippen LogP contribution in [0.5, 0.6) is 0 Å². The van der Waals surface area contributed by atoms with Crippen LogP contribution >= 0.6 is 23.2 Å². The van der Waals surface area contributed by atoms with E-state index in [4.69, 9.17) is 23.2 Å². The highest BCUT2D eigenvalue weighted by Gasteiger charge is 2.19. The number of aromatic nitrogens is 1. The third kappa shape index (κ3) is 1.30. The highest BCUT2D eigenvalue weighted by atomic mass is 35.5. The molecule has 0 bridgehead atoms. The molecule has 0 spiro atoms. The number of aromatic amines is 1. The molecule has 0 atom stereocenters. The Bertz CT molecular complexity index is 640. The Kier molecular flexibility index (Phi) is 2.09. The SMILES string of the molecule is O=C1C=CCc2c1[nH]c1c(Cl)cc(Cl)cc21. The number of H-pyrrole nitrogens is 1. The van der Waals surface area contributed by atoms with Crippen molar-refractivity contribution in [1.82, 2.24) is 4.98 Å². The molecule has 0 saturated carbocycles. The quantitative estimate of drug-likeness (QED) is 0.760. The predicted molar refractivity (Wildman–Crippen MR) is 65.5 cm³/mol. The van der Waals surface area contributed by atoms with E-state index in [-0.39, 0.29) is 5.78 Å². The molecule has 4 heteroatoms. The molecule has 0 fully saturated rings. The molecular weight excluding hydrogens is 245 g/mol. The summed E-state index contributed by atoms with van der Waals surface area (Å²) >= 11 is 12.0. The first-order valence-corrected chi connectivity index (χ1v) is 5.63. The summed E-state index contributed by atoms with van der Waals surface area (Å²) < 4.78 is 0. The minimum atomic E-state index is -0.00959. The fraction of sp³-hybridized carbons (Fsp3) is 0.0833. The highest BCUT2D eigenvalue weighted by molar-refractivity contribution is 6.38. The van der Waals surface area contributed by atoms with Crippen LogP contribution in [-0.2, 0) is 6.42 Å². The Morgan fingerprint density at radius 3 is 2.88 bits per heavy atom. The predicted octanol–water partition coefficient (Wildman–Crippen LogP) is 3.77. The van der Waals surface area contributed by atoms with E-state index in [2.05, 4.69) is 4.98 Å². The lowest BCUT2D eigenvalue weighted by Crippen LogP contribution is -2.03. The van der Waals surface area contributed by atoms with Gasteiger partial charge in [0.2, 0.25) is 5.78 Å². The maximum absolute atomic E-state index is 11.7. The molecule has 1 N–H and O–H groups in total. The summed E-state index contributed by atoms with van der Waals surface area (Å²) in [4.78, 5) is 14.7. The Morgan fingerprint density at radius 1 is 1.25 bits per heavy atom. The topological polar surface area (TPSA) is 32.9 Å². The van der Waals surface area contributed by atoms with Crippen LogP contribution in [0.25, 0.3) is 10.9 Å². The van der Waals surface area contributed by atoms with Crippen molar-refractivity contribution in [3.8, 4) is 0 Å². The van der Waals surface area contributed by atoms with E-state index in [9.17, 15) is 4.79 Å². The van der Waals surface area contributed by atoms with Crippen molar-refractivity contribution < 1.29 is 4.79 Å². The second-order valence-electron chi connectivity index (χ2n) is 3.76. The lowest BCUT2D eigenvalue weighted by molar-refractivity contribution is 0.104. The minimum absolute atomic E-state index is 0.00959. The van der Waals surface area contributed by atoms with Gasteiger partial charge in [-0.3, -0.25) is 4.79 Å². The van der Waals surface area contributed by atoms with Crippen LogP contribution in [-0.4, -0.2) is 10.8 Å². The largest absolute Gasteiger partial charge is 0.350 e. The van der Waals surface area contributed by atoms with Gasteiger partial charge in [0.1, 0.15) is 0 Å². The van der Waals surface area contributed by atoms with Gasteiger partial charge in [0.05, 0.1) is 16.2 Å². The molecule has 0 aliphatic heterocycles. The lowest BCUT2D eigenvalue weighted by atomic mass is 10.0. The number of carbonyl (C=O) groups excluding carboxylic acids is 1. The van der Waals surface area contributed by atoms with Gasteiger partial charge in [-0.15, -0.1) is 0 Å². The molecular formula is C12H7Cl2NO. The minimum Gasteiger partial charge on any atom is -0.350 e. The third-order valence-corrected chi connectivity index (χ3v) is 3.29. The van der Waals surface area contributed by atoms with E-state index in [0.29, 0.717) is 15.7 Å². The molecule has 0 radical (unpaired) electrons. The van der Waals surface area contributed by atoms with Crippen molar-refractivity contribution in [3.05, 3.63) is 45.6 Å². The average molecular weight is 252 g/mol. The first-order chi connectivity index (χ1) is 7.66. The number of nitrogens with one attached hydrogen (secondary N) is 1. The van der Waals surface area contributed by atoms with Crippen molar-refractivity contribution in [3.63, 3.8) is 0 Å². The molecule has 16 heavy (non-hydrogen) atoms. The van der Waals surface area contributed by atoms with Gasteiger partial charge >= 0.3 is 0 Å². The zero-order valence-corrected chi connectivity index (χ0v) is 9.69. The number of halogens is 2. The van der Waals surface area contributed by atoms with Crippen LogP contribution < -0.4 is 0 Å². The summed E-state index contributed by atoms with van der Waals surface area (Å²) in [5.41, 5.74) is 2.39. The summed E-state index contributed by atoms with van der Waals surface area (Å²) in [6, 6.07) is 3.51. The summed E-state index contributed by atoms with van der Waals surface area (Å²) in [6.07, 6.45) is 4.16. The van der Waals surface area contributed by atoms with Gasteiger partial charge in [0, 0.05) is 10.4 Å². The third-order valence-electron chi connectivity index (χ3n) is 2.77. The van der Waals surface area contributed by atoms with Crippen molar-refractivity contribution >= 4 is 39.9 Å². The molecule has 0 unspecified atom stereocenters. The monoisotopic (exact) mass is 251 g/mol. The van der Waals surface area contributed by atoms with Crippen LogP contribution in [0.1, 0.15) is 16.1 Å². The van der Waals surface area contributed by atoms with Gasteiger partial charge in [0.25, 0.3) is 0 Å². The van der Waals surface area contributed by atoms with Crippen LogP contribution in [0.3, 0.4) is 0 Å². The molecule has 1 aliphatic rings. The average Bonchev–Trinajstić information content (AvgIpc) is 2.59. The standard InChI is InChI=1S/C12H7Cl2NO/c13-6-4-8-7-2-1-3-10(16)12(7)15-11(8)9(14)5-6/h1,3-5,15H,2H2. The van der Waals surface area contributed by atoms with Crippen LogP contribution in [0.15, 0.2) is 24.3 Å². The van der Waals surface area contributed by atoms with E-state index in [1.807, 2.05) is 12.1 Å². The van der Waals surface area contributed by atoms with Gasteiger partial charge in [-0.05, 0) is 30.2 Å². The first kappa shape index (κ1) is 9.94. The van der Waals surface area contributed by atoms with Crippen molar-refractivity contribution in [2.45, 2.75) is 6.42 Å². The van der Waals surface area contributed by atoms with Gasteiger partial charge in [-0.25, -0.2) is 0 Å². The number of hydrogen-bond acceptors (Lipinski definition) is 1. The summed E-state index contributed by atoms with van der Waals surface area (Å²) in [5, 5.41) is 2.07. The van der Waals surface area contributed by atoms with E-state index in [1.54, 1.807) is 12.1 Å². The van der Waals surface area contributed by atoms with Crippen LogP contribution in [0.2, 0.25) is 10.0 Å². The lowest BCUT2D eigenvalue weighted by Gasteiger charge is -2.03. The molecule has 1 aromatic heterocycles. The zero-order valence-electron chi connectivity index (χ0n) is 8.18. The highest BCUT2D eigenvalue weighted by Crippen LogP contribution is 2.33. The van der Waals surface area contributed by atoms with Crippen molar-refractivity contribution in [2.24, 2.45) is 0 Å². The number of rotatable bonds is 0. The summed E-state index contributed by atoms with van der Waals surface area (Å²) in [6.45, 7) is 0. The second-order valence-corrected chi connectivity index (χ2v) is 4.60. The van der Waals surface area contributed by atoms with Gasteiger partial charge in [0.15, 0.2) is 0 Å². The second kappa shape index (κ2) is 3.37. The zero-order chi connectivity index (χ0) is 11.3. The molecule has 2 nitrogen and oxygen atoms in total. The number of ketones is 1. The molecule has 1 heterocycles. The van der Waals surface area contributed by atoms with Gasteiger partial charge < -0.3 is 4.98 Å². The number of hydrogen-bond donors (Lipinski definition) is 1. The molecule has 0 saturated heterocycles. The maximum Gasteiger partial charge on any atom is 0.202 e. The van der Waals surface area contributed by atoms with Gasteiger partial charge in [-0.1, -0.05) is 29.3 Å². The Hall–Kier alpha value is -1.25. The first-order valence-electron chi connectivity index (χ1n) is 4.87. The Labute approximate surface area is 102 Å². The summed E-state index contributed by atoms with van der Waals surface area (Å²) in [7, 11) is 0. The maximum atomic E-state index is 11.7. The molecule has 1 aliphatic carbocycles. The number of fused-ring (bicyclic) bond motifs is 3. The van der Waals surface area contributed by atoms with Gasteiger partial charge in [-0.2, -0.15) is 0 Å². The van der Waals surface area contributed by atoms with Crippen molar-refractivity contribution in [2.75, 3.05) is 0 Å². The Morgan fingerprint density at radius 2 is 2.06 bits per heavy atom. The van der Waals surface area contributed by atoms with E-state index in [1.165, 1.54) is 0 Å². The van der Waals surface area contributed by atoms with Crippen LogP contribution in [0, 0.1) is 0 Å². The molecule has 80 valence electrons. The molecule has 1 aromatic carbocycles. The van der Waals surface area contributed by atoms with Crippen LogP contribution in [0.4, 0.5) is 0 Å². The Balaban J connectivity index is 2.43. The fourth-order valence-electron chi connectivity index (χ4n) is 2.06. The molecule has 2 aromatic rings. The van der Waals surface area contributed by atoms with E-state index < -0.39 is 0 Å². The molecule has 0 amide bonds. The number of carbonyl (C=O) groups is 1. The number of allylic oxidation sites excluding steroid dienone is 2. The molecule has 3 rings (SSSR count). The van der Waals surface area contributed by atoms with E-state index >= 15 is 0 Å². The fourth-order valence-corrected chi connectivity index (χ4v) is 2.60. The van der Waals surface area contributed by atoms with Crippen molar-refractivity contribution in [1.29, 1.82) is 0 Å². The van der Waals surface area contributed by atoms with E-state index in [0.717, 1.165) is 22.9 Å². The number of benzene rings is 1. The smallest absolute Gasteiger partial charge is 0.202 e. The normalized spacial score (nSPS) is 14.5. The summed E-state index contributed by atoms with van der Waals surface area (Å²) in [5.74, 6) is -0.00959.